The lowest BCUT2D eigenvalue weighted by Crippen LogP contribution is -2.29. The van der Waals surface area contributed by atoms with E-state index in [4.69, 9.17) is 12.2 Å². The number of nitrogens with one attached hydrogen (secondary N) is 1. The first-order chi connectivity index (χ1) is 17.2. The molecule has 4 nitrogen and oxygen atoms in total. The molecule has 0 aliphatic carbocycles. The molecule has 0 radical (unpaired) electrons. The topological polar surface area (TPSA) is 33.1 Å². The summed E-state index contributed by atoms with van der Waals surface area (Å²) in [5.41, 5.74) is 10.8. The number of benzene rings is 2. The Balaban J connectivity index is 1.72. The van der Waals surface area contributed by atoms with E-state index in [-0.39, 0.29) is 17.9 Å². The third-order valence-electron chi connectivity index (χ3n) is 7.17. The summed E-state index contributed by atoms with van der Waals surface area (Å²) in [6.45, 7) is 12.6. The second kappa shape index (κ2) is 9.17. The number of thiocarbonyl (C=S) groups is 1. The zero-order valence-electron chi connectivity index (χ0n) is 21.6. The fraction of sp³-hybridized carbons (Fsp3) is 0.267. The van der Waals surface area contributed by atoms with Crippen LogP contribution in [0.5, 0.6) is 0 Å². The van der Waals surface area contributed by atoms with Gasteiger partial charge in [0.1, 0.15) is 5.82 Å². The highest BCUT2D eigenvalue weighted by Crippen LogP contribution is 2.44. The number of anilines is 1. The molecular weight excluding hydrogens is 467 g/mol. The second-order valence-corrected chi connectivity index (χ2v) is 10.2. The van der Waals surface area contributed by atoms with Crippen molar-refractivity contribution in [2.75, 3.05) is 4.90 Å². The van der Waals surface area contributed by atoms with Crippen molar-refractivity contribution in [3.05, 3.63) is 112 Å². The predicted molar refractivity (Wildman–Crippen MR) is 149 cm³/mol. The van der Waals surface area contributed by atoms with E-state index in [9.17, 15) is 4.39 Å². The Morgan fingerprint density at radius 2 is 1.61 bits per heavy atom. The van der Waals surface area contributed by atoms with E-state index in [0.717, 1.165) is 28.3 Å². The van der Waals surface area contributed by atoms with E-state index in [1.54, 1.807) is 13.0 Å². The third-order valence-corrected chi connectivity index (χ3v) is 7.48. The van der Waals surface area contributed by atoms with Gasteiger partial charge in [-0.3, -0.25) is 4.98 Å². The van der Waals surface area contributed by atoms with Gasteiger partial charge in [0.05, 0.1) is 23.5 Å². The summed E-state index contributed by atoms with van der Waals surface area (Å²) in [4.78, 5) is 6.78. The van der Waals surface area contributed by atoms with Crippen LogP contribution in [0.4, 0.5) is 10.1 Å². The van der Waals surface area contributed by atoms with Gasteiger partial charge in [-0.2, -0.15) is 0 Å². The van der Waals surface area contributed by atoms with Gasteiger partial charge in [-0.05, 0) is 112 Å². The molecule has 1 N–H and O–H groups in total. The molecule has 6 heteroatoms. The zero-order chi connectivity index (χ0) is 25.7. The number of hydrogen-bond acceptors (Lipinski definition) is 2. The molecule has 0 bridgehead atoms. The molecule has 3 heterocycles. The highest BCUT2D eigenvalue weighted by atomic mass is 32.1. The van der Waals surface area contributed by atoms with Gasteiger partial charge < -0.3 is 14.8 Å². The summed E-state index contributed by atoms with van der Waals surface area (Å²) in [5.74, 6) is -0.224. The van der Waals surface area contributed by atoms with E-state index >= 15 is 0 Å². The van der Waals surface area contributed by atoms with Crippen LogP contribution in [0.15, 0.2) is 60.8 Å². The molecule has 1 aliphatic rings. The Hall–Kier alpha value is -3.51. The van der Waals surface area contributed by atoms with Crippen LogP contribution in [0, 0.1) is 47.4 Å². The highest BCUT2D eigenvalue weighted by molar-refractivity contribution is 7.80. The van der Waals surface area contributed by atoms with Crippen LogP contribution in [-0.2, 0) is 0 Å². The summed E-state index contributed by atoms with van der Waals surface area (Å²) in [6.07, 6.45) is 1.81. The molecule has 0 unspecified atom stereocenters. The third kappa shape index (κ3) is 3.99. The van der Waals surface area contributed by atoms with Gasteiger partial charge >= 0.3 is 0 Å². The molecule has 36 heavy (non-hydrogen) atoms. The van der Waals surface area contributed by atoms with Crippen molar-refractivity contribution in [3.8, 4) is 5.69 Å². The summed E-state index contributed by atoms with van der Waals surface area (Å²) in [5, 5.41) is 4.12. The number of nitrogens with zero attached hydrogens (tertiary/aromatic N) is 3. The SMILES string of the molecule is Cc1cc(C)c(-n2c(C)cc([C@@H]3[C@@H](c4ccccn4)NC(=S)N3c3ccc(F)c(C)c3)c2C)c(C)c1. The fourth-order valence-corrected chi connectivity index (χ4v) is 6.03. The van der Waals surface area contributed by atoms with Crippen molar-refractivity contribution in [3.63, 3.8) is 0 Å². The van der Waals surface area contributed by atoms with Crippen LogP contribution in [0.3, 0.4) is 0 Å². The summed E-state index contributed by atoms with van der Waals surface area (Å²) < 4.78 is 16.5. The van der Waals surface area contributed by atoms with Gasteiger partial charge in [-0.25, -0.2) is 4.39 Å². The maximum Gasteiger partial charge on any atom is 0.174 e. The molecule has 0 spiro atoms. The molecule has 0 amide bonds. The van der Waals surface area contributed by atoms with E-state index in [2.05, 4.69) is 72.6 Å². The minimum atomic E-state index is -0.224. The number of hydrogen-bond donors (Lipinski definition) is 1. The molecule has 1 saturated heterocycles. The van der Waals surface area contributed by atoms with Crippen LogP contribution in [0.2, 0.25) is 0 Å². The number of aryl methyl sites for hydroxylation is 5. The molecule has 2 atom stereocenters. The molecule has 5 rings (SSSR count). The van der Waals surface area contributed by atoms with Gasteiger partial charge in [0.2, 0.25) is 0 Å². The summed E-state index contributed by atoms with van der Waals surface area (Å²) in [6, 6.07) is 17.5. The van der Waals surface area contributed by atoms with Crippen molar-refractivity contribution in [2.45, 2.75) is 53.6 Å². The fourth-order valence-electron chi connectivity index (χ4n) is 5.68. The maximum absolute atomic E-state index is 14.2. The average Bonchev–Trinajstić information content (AvgIpc) is 3.32. The first-order valence-electron chi connectivity index (χ1n) is 12.2. The molecule has 2 aromatic heterocycles. The van der Waals surface area contributed by atoms with Gasteiger partial charge in [-0.1, -0.05) is 23.8 Å². The Bertz CT molecular complexity index is 1450. The van der Waals surface area contributed by atoms with E-state index in [1.807, 2.05) is 30.5 Å². The lowest BCUT2D eigenvalue weighted by atomic mass is 9.96. The number of pyridine rings is 1. The first-order valence-corrected chi connectivity index (χ1v) is 12.6. The van der Waals surface area contributed by atoms with E-state index in [1.165, 1.54) is 28.4 Å². The monoisotopic (exact) mass is 498 g/mol. The first kappa shape index (κ1) is 24.2. The molecule has 0 saturated carbocycles. The van der Waals surface area contributed by atoms with Crippen molar-refractivity contribution in [2.24, 2.45) is 0 Å². The van der Waals surface area contributed by atoms with Crippen LogP contribution in [-0.4, -0.2) is 14.7 Å². The number of aromatic nitrogens is 2. The molecule has 2 aromatic carbocycles. The molecule has 1 aliphatic heterocycles. The quantitative estimate of drug-likeness (QED) is 0.306. The number of halogens is 1. The largest absolute Gasteiger partial charge is 0.351 e. The minimum Gasteiger partial charge on any atom is -0.351 e. The van der Waals surface area contributed by atoms with Crippen LogP contribution >= 0.6 is 12.2 Å². The Morgan fingerprint density at radius 3 is 2.25 bits per heavy atom. The summed E-state index contributed by atoms with van der Waals surface area (Å²) >= 11 is 5.87. The van der Waals surface area contributed by atoms with Crippen molar-refractivity contribution >= 4 is 23.0 Å². The predicted octanol–water partition coefficient (Wildman–Crippen LogP) is 7.04. The van der Waals surface area contributed by atoms with Gasteiger partial charge in [0.25, 0.3) is 0 Å². The van der Waals surface area contributed by atoms with Crippen LogP contribution in [0.1, 0.15) is 57.0 Å². The average molecular weight is 499 g/mol. The molecule has 4 aromatic rings. The smallest absolute Gasteiger partial charge is 0.174 e. The van der Waals surface area contributed by atoms with Crippen LogP contribution < -0.4 is 10.2 Å². The second-order valence-electron chi connectivity index (χ2n) is 9.84. The van der Waals surface area contributed by atoms with Crippen LogP contribution in [0.25, 0.3) is 5.69 Å². The van der Waals surface area contributed by atoms with E-state index < -0.39 is 0 Å². The van der Waals surface area contributed by atoms with Gasteiger partial charge in [0.15, 0.2) is 5.11 Å². The van der Waals surface area contributed by atoms with Crippen molar-refractivity contribution < 1.29 is 4.39 Å². The summed E-state index contributed by atoms with van der Waals surface area (Å²) in [7, 11) is 0. The minimum absolute atomic E-state index is 0.150. The lowest BCUT2D eigenvalue weighted by molar-refractivity contribution is 0.564. The Morgan fingerprint density at radius 1 is 0.889 bits per heavy atom. The van der Waals surface area contributed by atoms with Gasteiger partial charge in [-0.15, -0.1) is 0 Å². The number of rotatable bonds is 4. The molecular formula is C30H31FN4S. The normalized spacial score (nSPS) is 17.5. The maximum atomic E-state index is 14.2. The Labute approximate surface area is 217 Å². The van der Waals surface area contributed by atoms with Crippen molar-refractivity contribution in [1.29, 1.82) is 0 Å². The van der Waals surface area contributed by atoms with Gasteiger partial charge in [0, 0.05) is 23.3 Å². The molecule has 184 valence electrons. The standard InChI is InChI=1S/C30H31FN4S/c1-17-13-19(3)28(20(4)14-17)34-21(5)16-24(22(34)6)29-27(26-9-7-8-12-32-26)33-30(36)35(29)23-10-11-25(31)18(2)15-23/h7-16,27,29H,1-6H3,(H,33,36)/t27-,29-/m1/s1. The molecule has 1 fully saturated rings. The Kier molecular flexibility index (Phi) is 6.17. The highest BCUT2D eigenvalue weighted by Gasteiger charge is 2.42. The van der Waals surface area contributed by atoms with Crippen molar-refractivity contribution in [1.82, 2.24) is 14.9 Å². The zero-order valence-corrected chi connectivity index (χ0v) is 22.4. The van der Waals surface area contributed by atoms with E-state index in [0.29, 0.717) is 10.7 Å². The lowest BCUT2D eigenvalue weighted by Gasteiger charge is -2.28.